The Hall–Kier alpha value is -2.82. The van der Waals surface area contributed by atoms with Gasteiger partial charge in [-0.1, -0.05) is 48.5 Å². The van der Waals surface area contributed by atoms with Crippen LogP contribution < -0.4 is 4.90 Å². The molecule has 25 heavy (non-hydrogen) atoms. The van der Waals surface area contributed by atoms with Crippen molar-refractivity contribution in [1.82, 2.24) is 0 Å². The summed E-state index contributed by atoms with van der Waals surface area (Å²) in [6.45, 7) is 4.53. The highest BCUT2D eigenvalue weighted by Crippen LogP contribution is 2.33. The van der Waals surface area contributed by atoms with Crippen molar-refractivity contribution < 1.29 is 20.8 Å². The number of ether oxygens (including phenoxy) is 1. The van der Waals surface area contributed by atoms with Crippen molar-refractivity contribution in [3.05, 3.63) is 54.6 Å². The van der Waals surface area contributed by atoms with Gasteiger partial charge in [0.05, 0.1) is 5.69 Å². The molecule has 0 heterocycles. The third-order valence-corrected chi connectivity index (χ3v) is 3.55. The monoisotopic (exact) mass is 342 g/mol. The maximum Gasteiger partial charge on any atom is 0.415 e. The van der Waals surface area contributed by atoms with Gasteiger partial charge in [0.25, 0.3) is 0 Å². The number of aliphatic carboxylic acids is 1. The second-order valence-corrected chi connectivity index (χ2v) is 6.40. The normalized spacial score (nSPS) is 12.8. The molecule has 0 radical (unpaired) electrons. The number of carbonyl (C=O) groups excluding carboxylic acids is 1. The van der Waals surface area contributed by atoms with Crippen LogP contribution in [0.25, 0.3) is 11.1 Å². The molecule has 0 saturated heterocycles. The second-order valence-electron chi connectivity index (χ2n) is 6.40. The highest BCUT2D eigenvalue weighted by molar-refractivity contribution is 5.99. The summed E-state index contributed by atoms with van der Waals surface area (Å²) in [4.78, 5) is 25.5. The molecule has 2 rings (SSSR count). The van der Waals surface area contributed by atoms with Gasteiger partial charge >= 0.3 is 12.1 Å². The highest BCUT2D eigenvalue weighted by Gasteiger charge is 2.32. The van der Waals surface area contributed by atoms with Crippen LogP contribution in [0.1, 0.15) is 29.0 Å². The van der Waals surface area contributed by atoms with E-state index in [0.29, 0.717) is 5.69 Å². The van der Waals surface area contributed by atoms with Gasteiger partial charge in [-0.25, -0.2) is 9.59 Å². The van der Waals surface area contributed by atoms with Crippen molar-refractivity contribution in [2.24, 2.45) is 0 Å². The maximum atomic E-state index is 12.8. The van der Waals surface area contributed by atoms with E-state index in [-0.39, 0.29) is 6.90 Å². The third-order valence-electron chi connectivity index (χ3n) is 3.55. The molecule has 1 N–H and O–H groups in total. The molecular weight excluding hydrogens is 318 g/mol. The molecule has 2 aromatic carbocycles. The minimum atomic E-state index is -1.14. The molecular formula is C20H23NO4. The number of benzene rings is 2. The first-order valence-corrected chi connectivity index (χ1v) is 7.95. The molecule has 2 aromatic rings. The Morgan fingerprint density at radius 2 is 1.72 bits per heavy atom. The predicted molar refractivity (Wildman–Crippen MR) is 97.7 cm³/mol. The summed E-state index contributed by atoms with van der Waals surface area (Å²) in [5.74, 6) is -1.14. The van der Waals surface area contributed by atoms with Crippen LogP contribution in [0.5, 0.6) is 0 Å². The fourth-order valence-corrected chi connectivity index (χ4v) is 2.41. The first kappa shape index (κ1) is 17.0. The lowest BCUT2D eigenvalue weighted by Crippen LogP contribution is -2.46. The number of hydrogen-bond acceptors (Lipinski definition) is 3. The van der Waals surface area contributed by atoms with Crippen LogP contribution >= 0.6 is 0 Å². The number of para-hydroxylation sites is 1. The smallest absolute Gasteiger partial charge is 0.415 e. The van der Waals surface area contributed by atoms with E-state index in [1.54, 1.807) is 26.0 Å². The third kappa shape index (κ3) is 4.59. The van der Waals surface area contributed by atoms with Crippen LogP contribution in [0, 0.1) is 0 Å². The second kappa shape index (κ2) is 7.38. The van der Waals surface area contributed by atoms with Gasteiger partial charge in [-0.3, -0.25) is 4.90 Å². The summed E-state index contributed by atoms with van der Waals surface area (Å²) >= 11 is 0. The molecule has 0 aliphatic heterocycles. The number of nitrogens with zero attached hydrogens (tertiary/aromatic N) is 1. The largest absolute Gasteiger partial charge is 0.480 e. The lowest BCUT2D eigenvalue weighted by atomic mass is 10.0. The van der Waals surface area contributed by atoms with Crippen molar-refractivity contribution >= 4 is 17.7 Å². The summed E-state index contributed by atoms with van der Waals surface area (Å²) in [5, 5.41) is 9.49. The minimum Gasteiger partial charge on any atom is -0.480 e. The fourth-order valence-electron chi connectivity index (χ4n) is 2.41. The Bertz CT molecular complexity index is 776. The highest BCUT2D eigenvalue weighted by atomic mass is 16.6. The zero-order valence-corrected chi connectivity index (χ0v) is 14.6. The SMILES string of the molecule is [2H]CC(C)(C)OC(=O)N(c1ccccc1-c1ccccc1)[C@@H](C)C(=O)O. The van der Waals surface area contributed by atoms with Crippen molar-refractivity contribution in [1.29, 1.82) is 0 Å². The molecule has 0 fully saturated rings. The van der Waals surface area contributed by atoms with E-state index in [1.807, 2.05) is 42.5 Å². The Kier molecular flexibility index (Phi) is 5.03. The molecule has 132 valence electrons. The Morgan fingerprint density at radius 1 is 1.12 bits per heavy atom. The van der Waals surface area contributed by atoms with Crippen LogP contribution in [0.2, 0.25) is 0 Å². The molecule has 0 aromatic heterocycles. The Morgan fingerprint density at radius 3 is 2.32 bits per heavy atom. The number of amides is 1. The van der Waals surface area contributed by atoms with E-state index >= 15 is 0 Å². The van der Waals surface area contributed by atoms with Gasteiger partial charge in [0.2, 0.25) is 0 Å². The van der Waals surface area contributed by atoms with Crippen LogP contribution in [0.15, 0.2) is 54.6 Å². The van der Waals surface area contributed by atoms with Gasteiger partial charge in [-0.05, 0) is 39.3 Å². The molecule has 0 bridgehead atoms. The minimum absolute atomic E-state index is 0.131. The molecule has 1 amide bonds. The van der Waals surface area contributed by atoms with Gasteiger partial charge in [0, 0.05) is 6.93 Å². The summed E-state index contributed by atoms with van der Waals surface area (Å²) in [6, 6.07) is 15.4. The maximum absolute atomic E-state index is 12.8. The molecule has 0 spiro atoms. The number of hydrogen-bond donors (Lipinski definition) is 1. The Labute approximate surface area is 149 Å². The topological polar surface area (TPSA) is 66.8 Å². The van der Waals surface area contributed by atoms with E-state index in [9.17, 15) is 14.7 Å². The molecule has 0 unspecified atom stereocenters. The van der Waals surface area contributed by atoms with Gasteiger partial charge in [-0.2, -0.15) is 0 Å². The molecule has 0 aliphatic carbocycles. The van der Waals surface area contributed by atoms with Crippen molar-refractivity contribution in [3.8, 4) is 11.1 Å². The summed E-state index contributed by atoms with van der Waals surface area (Å²) < 4.78 is 12.9. The number of carbonyl (C=O) groups is 2. The predicted octanol–water partition coefficient (Wildman–Crippen LogP) is 4.57. The standard InChI is InChI=1S/C20H23NO4/c1-14(18(22)23)21(19(24)25-20(2,3)4)17-13-9-8-12-16(17)15-10-6-5-7-11-15/h5-14H,1-4H3,(H,22,23)/t14-/m0/s1/i2D. The van der Waals surface area contributed by atoms with E-state index in [2.05, 4.69) is 0 Å². The average Bonchev–Trinajstić information content (AvgIpc) is 2.62. The van der Waals surface area contributed by atoms with Gasteiger partial charge in [0.1, 0.15) is 11.6 Å². The molecule has 5 nitrogen and oxygen atoms in total. The van der Waals surface area contributed by atoms with E-state index in [1.165, 1.54) is 6.92 Å². The quantitative estimate of drug-likeness (QED) is 0.884. The molecule has 1 atom stereocenters. The zero-order valence-electron chi connectivity index (χ0n) is 15.6. The van der Waals surface area contributed by atoms with E-state index in [0.717, 1.165) is 16.0 Å². The molecule has 0 saturated carbocycles. The lowest BCUT2D eigenvalue weighted by molar-refractivity contribution is -0.138. The van der Waals surface area contributed by atoms with E-state index < -0.39 is 23.7 Å². The van der Waals surface area contributed by atoms with Gasteiger partial charge in [-0.15, -0.1) is 0 Å². The average molecular weight is 342 g/mol. The van der Waals surface area contributed by atoms with Crippen molar-refractivity contribution in [3.63, 3.8) is 0 Å². The number of carboxylic acid groups (broad SMARTS) is 1. The first-order valence-electron chi connectivity index (χ1n) is 8.66. The number of carboxylic acids is 1. The molecule has 5 heteroatoms. The lowest BCUT2D eigenvalue weighted by Gasteiger charge is -2.31. The first-order chi connectivity index (χ1) is 12.3. The molecule has 0 aliphatic rings. The Balaban J connectivity index is 2.54. The van der Waals surface area contributed by atoms with Crippen molar-refractivity contribution in [2.75, 3.05) is 4.90 Å². The van der Waals surface area contributed by atoms with Gasteiger partial charge in [0.15, 0.2) is 0 Å². The summed E-state index contributed by atoms with van der Waals surface area (Å²) in [7, 11) is 0. The van der Waals surface area contributed by atoms with Crippen molar-refractivity contribution in [2.45, 2.75) is 39.3 Å². The van der Waals surface area contributed by atoms with Crippen LogP contribution in [-0.2, 0) is 9.53 Å². The van der Waals surface area contributed by atoms with Crippen LogP contribution in [0.3, 0.4) is 0 Å². The number of rotatable bonds is 4. The summed E-state index contributed by atoms with van der Waals surface area (Å²) in [5.41, 5.74) is 1.01. The zero-order chi connectivity index (χ0) is 19.3. The number of anilines is 1. The van der Waals surface area contributed by atoms with Crippen LogP contribution in [-0.4, -0.2) is 28.8 Å². The van der Waals surface area contributed by atoms with Crippen LogP contribution in [0.4, 0.5) is 10.5 Å². The fraction of sp³-hybridized carbons (Fsp3) is 0.300. The summed E-state index contributed by atoms with van der Waals surface area (Å²) in [6.07, 6.45) is -0.791. The van der Waals surface area contributed by atoms with Gasteiger partial charge < -0.3 is 9.84 Å². The van der Waals surface area contributed by atoms with E-state index in [4.69, 9.17) is 6.11 Å².